The molecule has 1 aliphatic rings. The minimum Gasteiger partial charge on any atom is -0.347 e. The first kappa shape index (κ1) is 11.4. The molecule has 0 spiro atoms. The van der Waals surface area contributed by atoms with Gasteiger partial charge in [0.05, 0.1) is 0 Å². The summed E-state index contributed by atoms with van der Waals surface area (Å²) in [6, 6.07) is 6.54. The summed E-state index contributed by atoms with van der Waals surface area (Å²) in [5.41, 5.74) is 3.87. The molecular weight excluding hydrogens is 216 g/mol. The lowest BCUT2D eigenvalue weighted by molar-refractivity contribution is 0.496. The molecule has 0 atom stereocenters. The van der Waals surface area contributed by atoms with E-state index in [9.17, 15) is 0 Å². The van der Waals surface area contributed by atoms with Gasteiger partial charge in [0.25, 0.3) is 0 Å². The third kappa shape index (κ3) is 1.92. The maximum absolute atomic E-state index is 5.49. The van der Waals surface area contributed by atoms with Gasteiger partial charge in [-0.15, -0.1) is 0 Å². The molecule has 16 heavy (non-hydrogen) atoms. The molecule has 2 rings (SSSR count). The van der Waals surface area contributed by atoms with Crippen molar-refractivity contribution in [1.82, 2.24) is 4.90 Å². The zero-order chi connectivity index (χ0) is 11.7. The molecule has 1 aromatic carbocycles. The highest BCUT2D eigenvalue weighted by atomic mass is 32.1. The second kappa shape index (κ2) is 4.42. The van der Waals surface area contributed by atoms with Crippen molar-refractivity contribution in [3.05, 3.63) is 29.3 Å². The van der Waals surface area contributed by atoms with Crippen LogP contribution in [0.5, 0.6) is 0 Å². The lowest BCUT2D eigenvalue weighted by Gasteiger charge is -2.22. The van der Waals surface area contributed by atoms with Crippen LogP contribution in [0.1, 0.15) is 18.1 Å². The number of benzene rings is 1. The summed E-state index contributed by atoms with van der Waals surface area (Å²) in [6.45, 7) is 9.48. The third-order valence-corrected chi connectivity index (χ3v) is 3.60. The minimum absolute atomic E-state index is 0.967. The highest BCUT2D eigenvalue weighted by Crippen LogP contribution is 2.25. The molecule has 3 heteroatoms. The molecule has 0 unspecified atom stereocenters. The highest BCUT2D eigenvalue weighted by molar-refractivity contribution is 7.80. The fourth-order valence-electron chi connectivity index (χ4n) is 2.21. The van der Waals surface area contributed by atoms with Crippen LogP contribution in [-0.4, -0.2) is 29.6 Å². The van der Waals surface area contributed by atoms with Crippen LogP contribution >= 0.6 is 12.2 Å². The lowest BCUT2D eigenvalue weighted by Crippen LogP contribution is -2.31. The molecular formula is C13H18N2S. The molecule has 0 aliphatic carbocycles. The average Bonchev–Trinajstić information content (AvgIpc) is 2.60. The lowest BCUT2D eigenvalue weighted by atomic mass is 10.1. The fourth-order valence-corrected chi connectivity index (χ4v) is 2.62. The van der Waals surface area contributed by atoms with Crippen LogP contribution in [0.15, 0.2) is 18.2 Å². The van der Waals surface area contributed by atoms with E-state index in [4.69, 9.17) is 12.2 Å². The van der Waals surface area contributed by atoms with E-state index < -0.39 is 0 Å². The Morgan fingerprint density at radius 3 is 2.56 bits per heavy atom. The predicted octanol–water partition coefficient (Wildman–Crippen LogP) is 2.73. The number of rotatable bonds is 2. The Kier molecular flexibility index (Phi) is 3.15. The Morgan fingerprint density at radius 1 is 1.25 bits per heavy atom. The summed E-state index contributed by atoms with van der Waals surface area (Å²) in [4.78, 5) is 4.49. The Balaban J connectivity index is 2.29. The molecule has 0 saturated carbocycles. The maximum atomic E-state index is 5.49. The van der Waals surface area contributed by atoms with Crippen LogP contribution in [-0.2, 0) is 0 Å². The monoisotopic (exact) mass is 234 g/mol. The van der Waals surface area contributed by atoms with Crippen LogP contribution in [0.2, 0.25) is 0 Å². The smallest absolute Gasteiger partial charge is 0.176 e. The van der Waals surface area contributed by atoms with Crippen molar-refractivity contribution in [3.8, 4) is 0 Å². The van der Waals surface area contributed by atoms with Gasteiger partial charge in [-0.3, -0.25) is 0 Å². The van der Waals surface area contributed by atoms with Crippen molar-refractivity contribution in [2.75, 3.05) is 24.5 Å². The highest BCUT2D eigenvalue weighted by Gasteiger charge is 2.25. The third-order valence-electron chi connectivity index (χ3n) is 3.12. The number of aryl methyl sites for hydroxylation is 2. The molecule has 0 bridgehead atoms. The predicted molar refractivity (Wildman–Crippen MR) is 73.1 cm³/mol. The van der Waals surface area contributed by atoms with Gasteiger partial charge in [-0.2, -0.15) is 0 Å². The number of hydrogen-bond donors (Lipinski definition) is 0. The summed E-state index contributed by atoms with van der Waals surface area (Å²) >= 11 is 5.49. The molecule has 0 N–H and O–H groups in total. The van der Waals surface area contributed by atoms with Gasteiger partial charge < -0.3 is 9.80 Å². The SMILES string of the molecule is CCN1CCN(c2ccc(C)cc2C)C1=S. The van der Waals surface area contributed by atoms with E-state index in [0.717, 1.165) is 24.7 Å². The molecule has 0 aromatic heterocycles. The van der Waals surface area contributed by atoms with Crippen LogP contribution in [0.4, 0.5) is 5.69 Å². The van der Waals surface area contributed by atoms with Crippen LogP contribution in [0.25, 0.3) is 0 Å². The van der Waals surface area contributed by atoms with E-state index in [-0.39, 0.29) is 0 Å². The van der Waals surface area contributed by atoms with Gasteiger partial charge in [0.1, 0.15) is 0 Å². The number of nitrogens with zero attached hydrogens (tertiary/aromatic N) is 2. The van der Waals surface area contributed by atoms with Gasteiger partial charge in [0, 0.05) is 25.3 Å². The summed E-state index contributed by atoms with van der Waals surface area (Å²) in [5, 5.41) is 0.967. The zero-order valence-electron chi connectivity index (χ0n) is 10.2. The standard InChI is InChI=1S/C13H18N2S/c1-4-14-7-8-15(13(14)16)12-6-5-10(2)9-11(12)3/h5-6,9H,4,7-8H2,1-3H3. The van der Waals surface area contributed by atoms with Crippen LogP contribution in [0.3, 0.4) is 0 Å². The average molecular weight is 234 g/mol. The number of thiocarbonyl (C=S) groups is 1. The molecule has 1 fully saturated rings. The molecule has 0 radical (unpaired) electrons. The normalized spacial score (nSPS) is 16.1. The van der Waals surface area contributed by atoms with Crippen molar-refractivity contribution < 1.29 is 0 Å². The van der Waals surface area contributed by atoms with E-state index in [0.29, 0.717) is 0 Å². The summed E-state index contributed by atoms with van der Waals surface area (Å²) in [7, 11) is 0. The van der Waals surface area contributed by atoms with Crippen molar-refractivity contribution in [2.45, 2.75) is 20.8 Å². The fraction of sp³-hybridized carbons (Fsp3) is 0.462. The van der Waals surface area contributed by atoms with E-state index in [1.165, 1.54) is 16.8 Å². The largest absolute Gasteiger partial charge is 0.347 e. The van der Waals surface area contributed by atoms with E-state index >= 15 is 0 Å². The molecule has 2 nitrogen and oxygen atoms in total. The number of anilines is 1. The summed E-state index contributed by atoms with van der Waals surface area (Å²) < 4.78 is 0. The topological polar surface area (TPSA) is 6.48 Å². The van der Waals surface area contributed by atoms with Gasteiger partial charge in [0.15, 0.2) is 5.11 Å². The molecule has 1 aliphatic heterocycles. The minimum atomic E-state index is 0.967. The zero-order valence-corrected chi connectivity index (χ0v) is 11.0. The number of likely N-dealkylation sites (N-methyl/N-ethyl adjacent to an activating group) is 1. The van der Waals surface area contributed by atoms with E-state index in [2.05, 4.69) is 48.8 Å². The van der Waals surface area contributed by atoms with Gasteiger partial charge in [-0.05, 0) is 44.6 Å². The molecule has 86 valence electrons. The quantitative estimate of drug-likeness (QED) is 0.727. The second-order valence-electron chi connectivity index (χ2n) is 4.30. The number of hydrogen-bond acceptors (Lipinski definition) is 1. The molecule has 1 heterocycles. The van der Waals surface area contributed by atoms with E-state index in [1.54, 1.807) is 0 Å². The van der Waals surface area contributed by atoms with Gasteiger partial charge in [-0.25, -0.2) is 0 Å². The van der Waals surface area contributed by atoms with Crippen molar-refractivity contribution in [1.29, 1.82) is 0 Å². The van der Waals surface area contributed by atoms with Crippen molar-refractivity contribution in [2.24, 2.45) is 0 Å². The van der Waals surface area contributed by atoms with Crippen molar-refractivity contribution in [3.63, 3.8) is 0 Å². The first-order valence-electron chi connectivity index (χ1n) is 5.77. The van der Waals surface area contributed by atoms with Crippen molar-refractivity contribution >= 4 is 23.0 Å². The van der Waals surface area contributed by atoms with Crippen LogP contribution < -0.4 is 4.90 Å². The summed E-state index contributed by atoms with van der Waals surface area (Å²) in [6.07, 6.45) is 0. The molecule has 1 saturated heterocycles. The van der Waals surface area contributed by atoms with Gasteiger partial charge in [-0.1, -0.05) is 17.7 Å². The molecule has 0 amide bonds. The van der Waals surface area contributed by atoms with Gasteiger partial charge >= 0.3 is 0 Å². The Bertz CT molecular complexity index is 414. The Labute approximate surface area is 103 Å². The Hall–Kier alpha value is -1.09. The van der Waals surface area contributed by atoms with Crippen LogP contribution in [0, 0.1) is 13.8 Å². The van der Waals surface area contributed by atoms with E-state index in [1.807, 2.05) is 0 Å². The summed E-state index contributed by atoms with van der Waals surface area (Å²) in [5.74, 6) is 0. The van der Waals surface area contributed by atoms with Gasteiger partial charge in [0.2, 0.25) is 0 Å². The Morgan fingerprint density at radius 2 is 2.00 bits per heavy atom. The molecule has 1 aromatic rings. The first-order chi connectivity index (χ1) is 7.63. The maximum Gasteiger partial charge on any atom is 0.176 e. The first-order valence-corrected chi connectivity index (χ1v) is 6.18. The second-order valence-corrected chi connectivity index (χ2v) is 4.67.